The minimum Gasteiger partial charge on any atom is -0.380 e. The smallest absolute Gasteiger partial charge is 0.0931 e. The van der Waals surface area contributed by atoms with Gasteiger partial charge < -0.3 is 10.1 Å². The van der Waals surface area contributed by atoms with Crippen molar-refractivity contribution in [2.75, 3.05) is 19.8 Å². The molecule has 0 aliphatic heterocycles. The Morgan fingerprint density at radius 2 is 2.31 bits per heavy atom. The lowest BCUT2D eigenvalue weighted by atomic mass is 10.3. The van der Waals surface area contributed by atoms with Crippen LogP contribution < -0.4 is 5.32 Å². The molecule has 1 heterocycles. The third-order valence-electron chi connectivity index (χ3n) is 2.05. The van der Waals surface area contributed by atoms with Crippen LogP contribution in [0, 0.1) is 0 Å². The quantitative estimate of drug-likeness (QED) is 0.542. The summed E-state index contributed by atoms with van der Waals surface area (Å²) in [5.41, 5.74) is 0. The van der Waals surface area contributed by atoms with Crippen molar-refractivity contribution >= 4 is 22.9 Å². The standard InChI is InChI=1S/C12H18ClNOS/c1-2-3-4-8-15-9-7-14-10-11-5-6-12(13)16-11/h2,5-6,14H,1,3-4,7-10H2. The molecule has 0 saturated carbocycles. The summed E-state index contributed by atoms with van der Waals surface area (Å²) < 4.78 is 6.29. The van der Waals surface area contributed by atoms with Crippen LogP contribution in [0.3, 0.4) is 0 Å². The van der Waals surface area contributed by atoms with Gasteiger partial charge in [-0.1, -0.05) is 17.7 Å². The normalized spacial score (nSPS) is 10.6. The van der Waals surface area contributed by atoms with Crippen molar-refractivity contribution in [3.63, 3.8) is 0 Å². The molecule has 0 spiro atoms. The molecule has 0 unspecified atom stereocenters. The molecular weight excluding hydrogens is 242 g/mol. The van der Waals surface area contributed by atoms with Gasteiger partial charge in [0.15, 0.2) is 0 Å². The second-order valence-corrected chi connectivity index (χ2v) is 5.23. The minimum absolute atomic E-state index is 0.760. The third-order valence-corrected chi connectivity index (χ3v) is 3.28. The average Bonchev–Trinajstić information content (AvgIpc) is 2.68. The molecule has 0 aromatic carbocycles. The zero-order chi connectivity index (χ0) is 11.6. The molecule has 0 aliphatic rings. The second-order valence-electron chi connectivity index (χ2n) is 3.43. The van der Waals surface area contributed by atoms with Crippen LogP contribution in [0.4, 0.5) is 0 Å². The Balaban J connectivity index is 1.90. The first-order valence-electron chi connectivity index (χ1n) is 5.46. The summed E-state index contributed by atoms with van der Waals surface area (Å²) in [6, 6.07) is 3.97. The first-order chi connectivity index (χ1) is 7.83. The van der Waals surface area contributed by atoms with Crippen LogP contribution >= 0.6 is 22.9 Å². The predicted octanol–water partition coefficient (Wildman–Crippen LogP) is 3.47. The molecule has 2 nitrogen and oxygen atoms in total. The number of rotatable bonds is 9. The van der Waals surface area contributed by atoms with Crippen molar-refractivity contribution in [2.45, 2.75) is 19.4 Å². The van der Waals surface area contributed by atoms with E-state index in [1.54, 1.807) is 11.3 Å². The number of hydrogen-bond donors (Lipinski definition) is 1. The number of ether oxygens (including phenoxy) is 1. The fourth-order valence-electron chi connectivity index (χ4n) is 1.23. The molecule has 0 amide bonds. The fraction of sp³-hybridized carbons (Fsp3) is 0.500. The summed E-state index contributed by atoms with van der Waals surface area (Å²) in [5.74, 6) is 0. The first kappa shape index (κ1) is 13.7. The molecule has 0 fully saturated rings. The summed E-state index contributed by atoms with van der Waals surface area (Å²) in [5, 5.41) is 3.31. The SMILES string of the molecule is C=CCCCOCCNCc1ccc(Cl)s1. The van der Waals surface area contributed by atoms with E-state index in [4.69, 9.17) is 16.3 Å². The molecule has 16 heavy (non-hydrogen) atoms. The molecule has 1 N–H and O–H groups in total. The Labute approximate surface area is 106 Å². The molecule has 1 aromatic rings. The average molecular weight is 260 g/mol. The van der Waals surface area contributed by atoms with Crippen LogP contribution in [0.5, 0.6) is 0 Å². The van der Waals surface area contributed by atoms with Crippen molar-refractivity contribution in [1.82, 2.24) is 5.32 Å². The monoisotopic (exact) mass is 259 g/mol. The minimum atomic E-state index is 0.760. The lowest BCUT2D eigenvalue weighted by molar-refractivity contribution is 0.134. The molecule has 0 saturated heterocycles. The molecule has 0 aliphatic carbocycles. The largest absolute Gasteiger partial charge is 0.380 e. The van der Waals surface area contributed by atoms with E-state index in [1.807, 2.05) is 18.2 Å². The Hall–Kier alpha value is -0.350. The highest BCUT2D eigenvalue weighted by Crippen LogP contribution is 2.20. The van der Waals surface area contributed by atoms with E-state index in [-0.39, 0.29) is 0 Å². The Morgan fingerprint density at radius 1 is 1.44 bits per heavy atom. The summed E-state index contributed by atoms with van der Waals surface area (Å²) in [6.45, 7) is 6.99. The van der Waals surface area contributed by atoms with E-state index in [0.717, 1.165) is 43.5 Å². The summed E-state index contributed by atoms with van der Waals surface area (Å²) in [6.07, 6.45) is 4.01. The first-order valence-corrected chi connectivity index (χ1v) is 6.66. The van der Waals surface area contributed by atoms with Crippen LogP contribution in [0.2, 0.25) is 4.34 Å². The van der Waals surface area contributed by atoms with Crippen molar-refractivity contribution in [3.8, 4) is 0 Å². The Bertz CT molecular complexity index is 301. The molecule has 4 heteroatoms. The van der Waals surface area contributed by atoms with Gasteiger partial charge >= 0.3 is 0 Å². The summed E-state index contributed by atoms with van der Waals surface area (Å²) >= 11 is 7.44. The maximum atomic E-state index is 5.83. The van der Waals surface area contributed by atoms with Crippen LogP contribution in [0.15, 0.2) is 24.8 Å². The van der Waals surface area contributed by atoms with Crippen molar-refractivity contribution in [1.29, 1.82) is 0 Å². The zero-order valence-electron chi connectivity index (χ0n) is 9.38. The molecular formula is C12H18ClNOS. The van der Waals surface area contributed by atoms with Crippen LogP contribution in [-0.4, -0.2) is 19.8 Å². The lowest BCUT2D eigenvalue weighted by Gasteiger charge is -2.04. The molecule has 1 aromatic heterocycles. The topological polar surface area (TPSA) is 21.3 Å². The van der Waals surface area contributed by atoms with Gasteiger partial charge in [-0.2, -0.15) is 0 Å². The fourth-order valence-corrected chi connectivity index (χ4v) is 2.29. The lowest BCUT2D eigenvalue weighted by Crippen LogP contribution is -2.18. The van der Waals surface area contributed by atoms with E-state index >= 15 is 0 Å². The highest BCUT2D eigenvalue weighted by atomic mass is 35.5. The van der Waals surface area contributed by atoms with Crippen molar-refractivity contribution in [2.24, 2.45) is 0 Å². The van der Waals surface area contributed by atoms with Gasteiger partial charge in [0.1, 0.15) is 0 Å². The van der Waals surface area contributed by atoms with Crippen LogP contribution in [0.25, 0.3) is 0 Å². The number of unbranched alkanes of at least 4 members (excludes halogenated alkanes) is 1. The number of thiophene rings is 1. The van der Waals surface area contributed by atoms with Gasteiger partial charge in [0.2, 0.25) is 0 Å². The molecule has 90 valence electrons. The molecule has 0 radical (unpaired) electrons. The second kappa shape index (κ2) is 8.76. The van der Waals surface area contributed by atoms with E-state index in [1.165, 1.54) is 4.88 Å². The van der Waals surface area contributed by atoms with Gasteiger partial charge in [0.05, 0.1) is 10.9 Å². The van der Waals surface area contributed by atoms with E-state index in [9.17, 15) is 0 Å². The summed E-state index contributed by atoms with van der Waals surface area (Å²) in [7, 11) is 0. The van der Waals surface area contributed by atoms with E-state index in [0.29, 0.717) is 0 Å². The highest BCUT2D eigenvalue weighted by molar-refractivity contribution is 7.16. The van der Waals surface area contributed by atoms with Crippen LogP contribution in [-0.2, 0) is 11.3 Å². The van der Waals surface area contributed by atoms with Crippen molar-refractivity contribution in [3.05, 3.63) is 34.0 Å². The Morgan fingerprint density at radius 3 is 3.00 bits per heavy atom. The van der Waals surface area contributed by atoms with E-state index < -0.39 is 0 Å². The zero-order valence-corrected chi connectivity index (χ0v) is 10.9. The number of nitrogens with one attached hydrogen (secondary N) is 1. The van der Waals surface area contributed by atoms with Gasteiger partial charge in [-0.15, -0.1) is 17.9 Å². The van der Waals surface area contributed by atoms with Gasteiger partial charge in [-0.25, -0.2) is 0 Å². The third kappa shape index (κ3) is 6.28. The number of allylic oxidation sites excluding steroid dienone is 1. The summed E-state index contributed by atoms with van der Waals surface area (Å²) in [4.78, 5) is 1.26. The Kier molecular flexibility index (Phi) is 7.51. The van der Waals surface area contributed by atoms with Gasteiger partial charge in [0.25, 0.3) is 0 Å². The number of hydrogen-bond acceptors (Lipinski definition) is 3. The van der Waals surface area contributed by atoms with E-state index in [2.05, 4.69) is 11.9 Å². The van der Waals surface area contributed by atoms with Gasteiger partial charge in [0, 0.05) is 24.6 Å². The number of halogens is 1. The van der Waals surface area contributed by atoms with Crippen LogP contribution in [0.1, 0.15) is 17.7 Å². The maximum absolute atomic E-state index is 5.83. The maximum Gasteiger partial charge on any atom is 0.0931 e. The highest BCUT2D eigenvalue weighted by Gasteiger charge is 1.96. The molecule has 0 atom stereocenters. The molecule has 1 rings (SSSR count). The molecule has 0 bridgehead atoms. The van der Waals surface area contributed by atoms with Gasteiger partial charge in [-0.05, 0) is 25.0 Å². The predicted molar refractivity (Wildman–Crippen MR) is 71.3 cm³/mol. The van der Waals surface area contributed by atoms with Gasteiger partial charge in [-0.3, -0.25) is 0 Å². The van der Waals surface area contributed by atoms with Crippen molar-refractivity contribution < 1.29 is 4.74 Å².